The summed E-state index contributed by atoms with van der Waals surface area (Å²) in [5, 5.41) is 10.8. The average molecular weight is 298 g/mol. The van der Waals surface area contributed by atoms with Gasteiger partial charge in [-0.15, -0.1) is 11.3 Å². The quantitative estimate of drug-likeness (QED) is 0.853. The van der Waals surface area contributed by atoms with Crippen LogP contribution >= 0.6 is 11.3 Å². The fraction of sp³-hybridized carbons (Fsp3) is 0.0714. The smallest absolute Gasteiger partial charge is 0.416 e. The number of alkyl halides is 3. The van der Waals surface area contributed by atoms with Gasteiger partial charge < -0.3 is 5.11 Å². The van der Waals surface area contributed by atoms with E-state index in [0.717, 1.165) is 23.5 Å². The summed E-state index contributed by atoms with van der Waals surface area (Å²) in [5.74, 6) is -1.26. The summed E-state index contributed by atoms with van der Waals surface area (Å²) in [5.41, 5.74) is -1.17. The van der Waals surface area contributed by atoms with E-state index < -0.39 is 17.7 Å². The Hall–Kier alpha value is -2.08. The summed E-state index contributed by atoms with van der Waals surface area (Å²) in [6.07, 6.45) is -3.47. The molecule has 0 bridgehead atoms. The van der Waals surface area contributed by atoms with Gasteiger partial charge >= 0.3 is 12.1 Å². The zero-order valence-electron chi connectivity index (χ0n) is 10.0. The molecule has 1 aromatic heterocycles. The van der Waals surface area contributed by atoms with Crippen LogP contribution in [0.15, 0.2) is 41.8 Å². The van der Waals surface area contributed by atoms with Crippen LogP contribution in [0.25, 0.3) is 11.6 Å². The number of carbonyl (C=O) groups is 1. The van der Waals surface area contributed by atoms with Crippen LogP contribution in [0.4, 0.5) is 13.2 Å². The van der Waals surface area contributed by atoms with Crippen molar-refractivity contribution in [2.75, 3.05) is 0 Å². The maximum Gasteiger partial charge on any atom is 0.416 e. The molecule has 1 heterocycles. The van der Waals surface area contributed by atoms with Gasteiger partial charge in [0.25, 0.3) is 0 Å². The van der Waals surface area contributed by atoms with Crippen LogP contribution in [0.3, 0.4) is 0 Å². The van der Waals surface area contributed by atoms with Gasteiger partial charge in [-0.3, -0.25) is 0 Å². The van der Waals surface area contributed by atoms with Crippen LogP contribution in [-0.4, -0.2) is 11.1 Å². The zero-order chi connectivity index (χ0) is 14.8. The normalized spacial score (nSPS) is 12.4. The molecule has 0 amide bonds. The van der Waals surface area contributed by atoms with Gasteiger partial charge in [0, 0.05) is 4.88 Å². The number of hydrogen-bond acceptors (Lipinski definition) is 2. The topological polar surface area (TPSA) is 37.3 Å². The van der Waals surface area contributed by atoms with E-state index in [1.54, 1.807) is 17.5 Å². The molecule has 104 valence electrons. The number of aliphatic carboxylic acids is 1. The summed E-state index contributed by atoms with van der Waals surface area (Å²) < 4.78 is 38.6. The van der Waals surface area contributed by atoms with Crippen molar-refractivity contribution in [1.29, 1.82) is 0 Å². The van der Waals surface area contributed by atoms with E-state index in [-0.39, 0.29) is 11.1 Å². The largest absolute Gasteiger partial charge is 0.478 e. The highest BCUT2D eigenvalue weighted by molar-refractivity contribution is 7.11. The van der Waals surface area contributed by atoms with Crippen molar-refractivity contribution < 1.29 is 23.1 Å². The second kappa shape index (κ2) is 5.50. The molecule has 0 aliphatic carbocycles. The Kier molecular flexibility index (Phi) is 3.94. The van der Waals surface area contributed by atoms with Crippen LogP contribution in [0.5, 0.6) is 0 Å². The lowest BCUT2D eigenvalue weighted by molar-refractivity contribution is -0.137. The van der Waals surface area contributed by atoms with Gasteiger partial charge in [-0.1, -0.05) is 24.3 Å². The minimum absolute atomic E-state index is 0.156. The van der Waals surface area contributed by atoms with E-state index >= 15 is 0 Å². The molecule has 1 aromatic carbocycles. The summed E-state index contributed by atoms with van der Waals surface area (Å²) in [6, 6.07) is 8.09. The van der Waals surface area contributed by atoms with Crippen molar-refractivity contribution in [3.63, 3.8) is 0 Å². The first-order valence-corrected chi connectivity index (χ1v) is 6.42. The van der Waals surface area contributed by atoms with Crippen molar-refractivity contribution in [3.8, 4) is 0 Å². The predicted molar refractivity (Wildman–Crippen MR) is 71.3 cm³/mol. The highest BCUT2D eigenvalue weighted by Crippen LogP contribution is 2.34. The number of hydrogen-bond donors (Lipinski definition) is 1. The lowest BCUT2D eigenvalue weighted by Gasteiger charge is -2.10. The Morgan fingerprint density at radius 1 is 1.15 bits per heavy atom. The molecule has 0 aliphatic heterocycles. The fourth-order valence-corrected chi connectivity index (χ4v) is 2.44. The van der Waals surface area contributed by atoms with Crippen LogP contribution in [-0.2, 0) is 11.0 Å². The minimum Gasteiger partial charge on any atom is -0.478 e. The zero-order valence-corrected chi connectivity index (χ0v) is 10.8. The third kappa shape index (κ3) is 3.08. The van der Waals surface area contributed by atoms with Gasteiger partial charge in [0.1, 0.15) is 0 Å². The summed E-state index contributed by atoms with van der Waals surface area (Å²) in [6.45, 7) is 0. The van der Waals surface area contributed by atoms with Crippen LogP contribution in [0.2, 0.25) is 0 Å². The van der Waals surface area contributed by atoms with Gasteiger partial charge in [-0.25, -0.2) is 4.79 Å². The molecule has 2 nitrogen and oxygen atoms in total. The van der Waals surface area contributed by atoms with Crippen molar-refractivity contribution >= 4 is 29.0 Å². The fourth-order valence-electron chi connectivity index (χ4n) is 1.71. The van der Waals surface area contributed by atoms with E-state index in [9.17, 15) is 18.0 Å². The number of thiophene rings is 1. The molecular formula is C14H9F3O2S. The first kappa shape index (κ1) is 14.3. The predicted octanol–water partition coefficient (Wildman–Crippen LogP) is 4.39. The first-order valence-electron chi connectivity index (χ1n) is 5.54. The molecule has 2 aromatic rings. The molecule has 2 rings (SSSR count). The summed E-state index contributed by atoms with van der Waals surface area (Å²) in [7, 11) is 0. The van der Waals surface area contributed by atoms with Crippen molar-refractivity contribution in [2.24, 2.45) is 0 Å². The molecule has 0 fully saturated rings. The first-order chi connectivity index (χ1) is 9.39. The van der Waals surface area contributed by atoms with Crippen LogP contribution < -0.4 is 0 Å². The van der Waals surface area contributed by atoms with Crippen molar-refractivity contribution in [1.82, 2.24) is 0 Å². The number of halogens is 3. The molecule has 0 spiro atoms. The number of benzene rings is 1. The van der Waals surface area contributed by atoms with E-state index in [0.29, 0.717) is 4.88 Å². The van der Waals surface area contributed by atoms with Crippen molar-refractivity contribution in [3.05, 3.63) is 57.8 Å². The number of carboxylic acid groups (broad SMARTS) is 1. The summed E-state index contributed by atoms with van der Waals surface area (Å²) in [4.78, 5) is 11.6. The molecular weight excluding hydrogens is 289 g/mol. The lowest BCUT2D eigenvalue weighted by Crippen LogP contribution is -2.07. The highest BCUT2D eigenvalue weighted by atomic mass is 32.1. The van der Waals surface area contributed by atoms with E-state index in [1.165, 1.54) is 18.2 Å². The Morgan fingerprint density at radius 2 is 1.85 bits per heavy atom. The van der Waals surface area contributed by atoms with Gasteiger partial charge in [0.05, 0.1) is 11.1 Å². The second-order valence-electron chi connectivity index (χ2n) is 3.93. The third-order valence-electron chi connectivity index (χ3n) is 2.58. The number of carboxylic acids is 1. The van der Waals surface area contributed by atoms with Gasteiger partial charge in [0.15, 0.2) is 0 Å². The Bertz CT molecular complexity index is 643. The maximum atomic E-state index is 12.9. The molecule has 0 radical (unpaired) electrons. The van der Waals surface area contributed by atoms with Crippen molar-refractivity contribution in [2.45, 2.75) is 6.18 Å². The molecule has 1 N–H and O–H groups in total. The SMILES string of the molecule is O=C(O)/C(=C/c1ccccc1C(F)(F)F)c1cccs1. The maximum absolute atomic E-state index is 12.9. The molecule has 0 atom stereocenters. The van der Waals surface area contributed by atoms with Gasteiger partial charge in [-0.2, -0.15) is 13.2 Å². The molecule has 0 unspecified atom stereocenters. The standard InChI is InChI=1S/C14H9F3O2S/c15-14(16,17)11-5-2-1-4-9(11)8-10(13(18)19)12-6-3-7-20-12/h1-8H,(H,18,19)/b10-8+. The molecule has 6 heteroatoms. The Balaban J connectivity index is 2.56. The second-order valence-corrected chi connectivity index (χ2v) is 4.87. The molecule has 0 saturated carbocycles. The van der Waals surface area contributed by atoms with E-state index in [2.05, 4.69) is 0 Å². The average Bonchev–Trinajstić information content (AvgIpc) is 2.88. The van der Waals surface area contributed by atoms with Crippen LogP contribution in [0, 0.1) is 0 Å². The molecule has 0 aliphatic rings. The van der Waals surface area contributed by atoms with Gasteiger partial charge in [-0.05, 0) is 29.2 Å². The number of rotatable bonds is 3. The Morgan fingerprint density at radius 3 is 2.40 bits per heavy atom. The molecule has 0 saturated heterocycles. The minimum atomic E-state index is -4.52. The van der Waals surface area contributed by atoms with Gasteiger partial charge in [0.2, 0.25) is 0 Å². The highest BCUT2D eigenvalue weighted by Gasteiger charge is 2.32. The van der Waals surface area contributed by atoms with Crippen LogP contribution in [0.1, 0.15) is 16.0 Å². The Labute approximate surface area is 116 Å². The lowest BCUT2D eigenvalue weighted by atomic mass is 10.0. The van der Waals surface area contributed by atoms with E-state index in [1.807, 2.05) is 0 Å². The summed E-state index contributed by atoms with van der Waals surface area (Å²) >= 11 is 1.16. The third-order valence-corrected chi connectivity index (χ3v) is 3.49. The monoisotopic (exact) mass is 298 g/mol. The van der Waals surface area contributed by atoms with E-state index in [4.69, 9.17) is 5.11 Å². The molecule has 20 heavy (non-hydrogen) atoms.